The number of hydrogen-bond donors (Lipinski definition) is 0. The lowest BCUT2D eigenvalue weighted by atomic mass is 10.0. The maximum Gasteiger partial charge on any atom is 0.416 e. The van der Waals surface area contributed by atoms with Gasteiger partial charge in [0.25, 0.3) is 0 Å². The van der Waals surface area contributed by atoms with Gasteiger partial charge in [0.2, 0.25) is 5.95 Å². The van der Waals surface area contributed by atoms with E-state index in [1.54, 1.807) is 0 Å². The average Bonchev–Trinajstić information content (AvgIpc) is 2.37. The third-order valence-electron chi connectivity index (χ3n) is 2.50. The van der Waals surface area contributed by atoms with Crippen molar-refractivity contribution >= 4 is 6.29 Å². The molecule has 0 atom stereocenters. The molecule has 0 radical (unpaired) electrons. The van der Waals surface area contributed by atoms with E-state index in [9.17, 15) is 22.4 Å². The van der Waals surface area contributed by atoms with Gasteiger partial charge in [-0.05, 0) is 29.8 Å². The van der Waals surface area contributed by atoms with Crippen LogP contribution < -0.4 is 0 Å². The summed E-state index contributed by atoms with van der Waals surface area (Å²) in [6, 6.07) is 6.64. The monoisotopic (exact) mass is 269 g/mol. The number of aromatic nitrogens is 1. The van der Waals surface area contributed by atoms with Crippen LogP contribution >= 0.6 is 0 Å². The standard InChI is InChI=1S/C13H7F4NO/c14-12-5-4-10(11(7-19)18-12)8-2-1-3-9(6-8)13(15,16)17/h1-7H. The van der Waals surface area contributed by atoms with Crippen LogP contribution in [0.3, 0.4) is 0 Å². The van der Waals surface area contributed by atoms with Gasteiger partial charge >= 0.3 is 6.18 Å². The molecular formula is C13H7F4NO. The third-order valence-corrected chi connectivity index (χ3v) is 2.50. The number of aldehydes is 1. The fourth-order valence-electron chi connectivity index (χ4n) is 1.65. The second kappa shape index (κ2) is 4.79. The number of carbonyl (C=O) groups is 1. The predicted octanol–water partition coefficient (Wildman–Crippen LogP) is 3.72. The molecular weight excluding hydrogens is 262 g/mol. The Morgan fingerprint density at radius 2 is 1.84 bits per heavy atom. The number of alkyl halides is 3. The van der Waals surface area contributed by atoms with Gasteiger partial charge in [0, 0.05) is 5.56 Å². The highest BCUT2D eigenvalue weighted by atomic mass is 19.4. The van der Waals surface area contributed by atoms with Crippen LogP contribution in [0.15, 0.2) is 36.4 Å². The van der Waals surface area contributed by atoms with Gasteiger partial charge in [0.05, 0.1) is 5.56 Å². The van der Waals surface area contributed by atoms with Crippen LogP contribution in [-0.4, -0.2) is 11.3 Å². The molecule has 19 heavy (non-hydrogen) atoms. The molecule has 0 spiro atoms. The van der Waals surface area contributed by atoms with Crippen molar-refractivity contribution in [2.75, 3.05) is 0 Å². The van der Waals surface area contributed by atoms with Gasteiger partial charge in [0.15, 0.2) is 6.29 Å². The summed E-state index contributed by atoms with van der Waals surface area (Å²) in [6.07, 6.45) is -4.18. The number of rotatable bonds is 2. The lowest BCUT2D eigenvalue weighted by molar-refractivity contribution is -0.137. The Hall–Kier alpha value is -2.24. The summed E-state index contributed by atoms with van der Waals surface area (Å²) in [5.74, 6) is -0.863. The van der Waals surface area contributed by atoms with Crippen molar-refractivity contribution in [3.05, 3.63) is 53.6 Å². The largest absolute Gasteiger partial charge is 0.416 e. The lowest BCUT2D eigenvalue weighted by Gasteiger charge is -2.09. The number of benzene rings is 1. The van der Waals surface area contributed by atoms with E-state index >= 15 is 0 Å². The first-order valence-corrected chi connectivity index (χ1v) is 5.21. The van der Waals surface area contributed by atoms with Gasteiger partial charge in [-0.15, -0.1) is 0 Å². The third kappa shape index (κ3) is 2.78. The molecule has 1 heterocycles. The normalized spacial score (nSPS) is 11.4. The second-order valence-corrected chi connectivity index (χ2v) is 3.76. The first kappa shape index (κ1) is 13.2. The molecule has 98 valence electrons. The first-order valence-electron chi connectivity index (χ1n) is 5.21. The Labute approximate surface area is 105 Å². The zero-order valence-electron chi connectivity index (χ0n) is 9.41. The minimum absolute atomic E-state index is 0.155. The Morgan fingerprint density at radius 1 is 1.11 bits per heavy atom. The SMILES string of the molecule is O=Cc1nc(F)ccc1-c1cccc(C(F)(F)F)c1. The van der Waals surface area contributed by atoms with E-state index in [-0.39, 0.29) is 16.8 Å². The molecule has 0 aliphatic rings. The number of nitrogens with zero attached hydrogens (tertiary/aromatic N) is 1. The Balaban J connectivity index is 2.56. The summed E-state index contributed by atoms with van der Waals surface area (Å²) in [4.78, 5) is 14.1. The molecule has 0 amide bonds. The molecule has 2 rings (SSSR count). The van der Waals surface area contributed by atoms with E-state index in [0.29, 0.717) is 6.29 Å². The quantitative estimate of drug-likeness (QED) is 0.472. The summed E-state index contributed by atoms with van der Waals surface area (Å²) in [7, 11) is 0. The van der Waals surface area contributed by atoms with Crippen LogP contribution in [0.1, 0.15) is 16.1 Å². The van der Waals surface area contributed by atoms with E-state index in [4.69, 9.17) is 0 Å². The second-order valence-electron chi connectivity index (χ2n) is 3.76. The minimum Gasteiger partial charge on any atom is -0.296 e. The van der Waals surface area contributed by atoms with E-state index in [0.717, 1.165) is 18.2 Å². The summed E-state index contributed by atoms with van der Waals surface area (Å²) in [5, 5.41) is 0. The van der Waals surface area contributed by atoms with Crippen molar-refractivity contribution in [2.24, 2.45) is 0 Å². The minimum atomic E-state index is -4.48. The maximum absolute atomic E-state index is 12.9. The molecule has 0 aliphatic heterocycles. The molecule has 0 bridgehead atoms. The molecule has 1 aromatic carbocycles. The summed E-state index contributed by atoms with van der Waals surface area (Å²) < 4.78 is 50.6. The van der Waals surface area contributed by atoms with Gasteiger partial charge in [-0.25, -0.2) is 4.98 Å². The first-order chi connectivity index (χ1) is 8.91. The van der Waals surface area contributed by atoms with E-state index in [1.807, 2.05) is 0 Å². The van der Waals surface area contributed by atoms with E-state index in [1.165, 1.54) is 18.2 Å². The van der Waals surface area contributed by atoms with E-state index in [2.05, 4.69) is 4.98 Å². The molecule has 0 aliphatic carbocycles. The van der Waals surface area contributed by atoms with E-state index < -0.39 is 17.7 Å². The number of hydrogen-bond acceptors (Lipinski definition) is 2. The molecule has 2 aromatic rings. The summed E-state index contributed by atoms with van der Waals surface area (Å²) in [6.45, 7) is 0. The molecule has 6 heteroatoms. The topological polar surface area (TPSA) is 30.0 Å². The highest BCUT2D eigenvalue weighted by molar-refractivity contribution is 5.85. The van der Waals surface area contributed by atoms with Crippen molar-refractivity contribution in [2.45, 2.75) is 6.18 Å². The van der Waals surface area contributed by atoms with Crippen LogP contribution in [0.4, 0.5) is 17.6 Å². The van der Waals surface area contributed by atoms with Crippen molar-refractivity contribution < 1.29 is 22.4 Å². The molecule has 2 nitrogen and oxygen atoms in total. The molecule has 0 saturated heterocycles. The van der Waals surface area contributed by atoms with Crippen LogP contribution in [-0.2, 0) is 6.18 Å². The predicted molar refractivity (Wildman–Crippen MR) is 60.0 cm³/mol. The highest BCUT2D eigenvalue weighted by Crippen LogP contribution is 2.32. The zero-order valence-corrected chi connectivity index (χ0v) is 9.41. The Kier molecular flexibility index (Phi) is 3.33. The fourth-order valence-corrected chi connectivity index (χ4v) is 1.65. The lowest BCUT2D eigenvalue weighted by Crippen LogP contribution is -2.05. The highest BCUT2D eigenvalue weighted by Gasteiger charge is 2.30. The van der Waals surface area contributed by atoms with Gasteiger partial charge in [-0.3, -0.25) is 4.79 Å². The van der Waals surface area contributed by atoms with Crippen LogP contribution in [0.5, 0.6) is 0 Å². The number of pyridine rings is 1. The van der Waals surface area contributed by atoms with Crippen molar-refractivity contribution in [1.29, 1.82) is 0 Å². The van der Waals surface area contributed by atoms with Crippen molar-refractivity contribution in [3.8, 4) is 11.1 Å². The van der Waals surface area contributed by atoms with Gasteiger partial charge < -0.3 is 0 Å². The smallest absolute Gasteiger partial charge is 0.296 e. The Bertz CT molecular complexity index is 622. The molecule has 0 fully saturated rings. The van der Waals surface area contributed by atoms with Gasteiger partial charge in [-0.1, -0.05) is 12.1 Å². The molecule has 1 aromatic heterocycles. The summed E-state index contributed by atoms with van der Waals surface area (Å²) >= 11 is 0. The zero-order chi connectivity index (χ0) is 14.0. The Morgan fingerprint density at radius 3 is 2.47 bits per heavy atom. The summed E-state index contributed by atoms with van der Waals surface area (Å²) in [5.41, 5.74) is -0.766. The average molecular weight is 269 g/mol. The molecule has 0 unspecified atom stereocenters. The molecule has 0 N–H and O–H groups in total. The van der Waals surface area contributed by atoms with Crippen molar-refractivity contribution in [1.82, 2.24) is 4.98 Å². The van der Waals surface area contributed by atoms with Crippen LogP contribution in [0.25, 0.3) is 11.1 Å². The van der Waals surface area contributed by atoms with Crippen LogP contribution in [0, 0.1) is 5.95 Å². The van der Waals surface area contributed by atoms with Gasteiger partial charge in [-0.2, -0.15) is 17.6 Å². The number of halogens is 4. The molecule has 0 saturated carbocycles. The van der Waals surface area contributed by atoms with Crippen molar-refractivity contribution in [3.63, 3.8) is 0 Å². The number of carbonyl (C=O) groups excluding carboxylic acids is 1. The fraction of sp³-hybridized carbons (Fsp3) is 0.0769. The van der Waals surface area contributed by atoms with Crippen LogP contribution in [0.2, 0.25) is 0 Å². The van der Waals surface area contributed by atoms with Gasteiger partial charge in [0.1, 0.15) is 5.69 Å². The maximum atomic E-state index is 12.9.